The van der Waals surface area contributed by atoms with E-state index in [4.69, 9.17) is 0 Å². The van der Waals surface area contributed by atoms with Crippen molar-refractivity contribution in [2.75, 3.05) is 7.05 Å². The van der Waals surface area contributed by atoms with E-state index in [2.05, 4.69) is 20.5 Å². The highest BCUT2D eigenvalue weighted by atomic mass is 32.2. The van der Waals surface area contributed by atoms with E-state index in [0.717, 1.165) is 25.7 Å². The lowest BCUT2D eigenvalue weighted by atomic mass is 9.96. The van der Waals surface area contributed by atoms with Crippen LogP contribution in [-0.4, -0.2) is 46.9 Å². The van der Waals surface area contributed by atoms with E-state index in [1.807, 2.05) is 0 Å². The molecular weight excluding hydrogens is 366 g/mol. The molecular formula is C18H25N5O3S. The molecule has 1 aromatic heterocycles. The normalized spacial score (nSPS) is 17.0. The molecule has 0 spiro atoms. The van der Waals surface area contributed by atoms with E-state index in [1.54, 1.807) is 14.0 Å². The third-order valence-electron chi connectivity index (χ3n) is 5.07. The highest BCUT2D eigenvalue weighted by Gasteiger charge is 2.29. The van der Waals surface area contributed by atoms with Crippen LogP contribution in [0.15, 0.2) is 35.5 Å². The monoisotopic (exact) mass is 391 g/mol. The van der Waals surface area contributed by atoms with Crippen molar-refractivity contribution in [3.63, 3.8) is 0 Å². The number of sulfonamides is 1. The van der Waals surface area contributed by atoms with Gasteiger partial charge in [-0.2, -0.15) is 9.40 Å². The maximum absolute atomic E-state index is 12.9. The Kier molecular flexibility index (Phi) is 5.91. The Morgan fingerprint density at radius 2 is 1.89 bits per heavy atom. The molecule has 0 aliphatic heterocycles. The molecule has 146 valence electrons. The van der Waals surface area contributed by atoms with Crippen molar-refractivity contribution in [1.29, 1.82) is 0 Å². The summed E-state index contributed by atoms with van der Waals surface area (Å²) in [6.45, 7) is 1.79. The molecule has 1 saturated carbocycles. The number of aromatic nitrogens is 3. The Hall–Kier alpha value is -2.26. The van der Waals surface area contributed by atoms with Gasteiger partial charge in [-0.15, -0.1) is 0 Å². The van der Waals surface area contributed by atoms with Crippen molar-refractivity contribution in [1.82, 2.24) is 24.8 Å². The van der Waals surface area contributed by atoms with Crippen LogP contribution < -0.4 is 5.32 Å². The summed E-state index contributed by atoms with van der Waals surface area (Å²) in [6.07, 6.45) is 6.46. The molecule has 1 aromatic carbocycles. The molecule has 9 heteroatoms. The Bertz CT molecular complexity index is 859. The first-order valence-electron chi connectivity index (χ1n) is 9.14. The van der Waals surface area contributed by atoms with E-state index < -0.39 is 10.0 Å². The summed E-state index contributed by atoms with van der Waals surface area (Å²) in [5.74, 6) is 0.250. The molecule has 1 aliphatic carbocycles. The number of carbonyl (C=O) groups excluding carboxylic acids is 1. The molecule has 1 fully saturated rings. The summed E-state index contributed by atoms with van der Waals surface area (Å²) in [5.41, 5.74) is 0.389. The molecule has 1 aliphatic rings. The third-order valence-corrected chi connectivity index (χ3v) is 7.00. The first-order valence-corrected chi connectivity index (χ1v) is 10.6. The van der Waals surface area contributed by atoms with E-state index in [-0.39, 0.29) is 22.9 Å². The number of hydrogen-bond donors (Lipinski definition) is 2. The van der Waals surface area contributed by atoms with Crippen molar-refractivity contribution in [2.45, 2.75) is 56.0 Å². The van der Waals surface area contributed by atoms with E-state index in [1.165, 1.54) is 41.3 Å². The Morgan fingerprint density at radius 3 is 2.48 bits per heavy atom. The molecule has 0 radical (unpaired) electrons. The number of rotatable bonds is 6. The van der Waals surface area contributed by atoms with Gasteiger partial charge in [0.15, 0.2) is 0 Å². The number of amides is 1. The highest BCUT2D eigenvalue weighted by Crippen LogP contribution is 2.26. The van der Waals surface area contributed by atoms with Gasteiger partial charge in [-0.05, 0) is 44.0 Å². The number of nitrogens with zero attached hydrogens (tertiary/aromatic N) is 3. The second-order valence-corrected chi connectivity index (χ2v) is 8.90. The average Bonchev–Trinajstić information content (AvgIpc) is 3.23. The Labute approximate surface area is 159 Å². The first kappa shape index (κ1) is 19.5. The second-order valence-electron chi connectivity index (χ2n) is 6.90. The Morgan fingerprint density at radius 1 is 1.22 bits per heavy atom. The van der Waals surface area contributed by atoms with Crippen LogP contribution in [0.25, 0.3) is 0 Å². The predicted octanol–water partition coefficient (Wildman–Crippen LogP) is 2.25. The molecule has 0 unspecified atom stereocenters. The summed E-state index contributed by atoms with van der Waals surface area (Å²) in [5, 5.41) is 9.26. The fraction of sp³-hybridized carbons (Fsp3) is 0.500. The highest BCUT2D eigenvalue weighted by molar-refractivity contribution is 7.89. The van der Waals surface area contributed by atoms with Crippen LogP contribution in [0.5, 0.6) is 0 Å². The van der Waals surface area contributed by atoms with Crippen molar-refractivity contribution in [2.24, 2.45) is 0 Å². The standard InChI is InChI=1S/C18H25N5O3S/c1-13(17-19-12-20-22-17)21-18(24)14-8-10-16(11-9-14)27(25,26)23(2)15-6-4-3-5-7-15/h8-13,15H,3-7H2,1-2H3,(H,21,24)(H,19,20,22)/t13-/m0/s1. The zero-order valence-corrected chi connectivity index (χ0v) is 16.4. The molecule has 27 heavy (non-hydrogen) atoms. The summed E-state index contributed by atoms with van der Waals surface area (Å²) < 4.78 is 27.2. The molecule has 1 heterocycles. The number of hydrogen-bond acceptors (Lipinski definition) is 5. The molecule has 3 rings (SSSR count). The van der Waals surface area contributed by atoms with Crippen LogP contribution in [0.1, 0.15) is 61.3 Å². The van der Waals surface area contributed by atoms with Gasteiger partial charge in [-0.3, -0.25) is 9.89 Å². The number of H-pyrrole nitrogens is 1. The van der Waals surface area contributed by atoms with Gasteiger partial charge in [0.1, 0.15) is 12.2 Å². The van der Waals surface area contributed by atoms with Crippen molar-refractivity contribution < 1.29 is 13.2 Å². The van der Waals surface area contributed by atoms with Gasteiger partial charge >= 0.3 is 0 Å². The quantitative estimate of drug-likeness (QED) is 0.785. The van der Waals surface area contributed by atoms with E-state index in [0.29, 0.717) is 11.4 Å². The zero-order chi connectivity index (χ0) is 19.4. The fourth-order valence-corrected chi connectivity index (χ4v) is 4.77. The SMILES string of the molecule is C[C@H](NC(=O)c1ccc(S(=O)(=O)N(C)C2CCCCC2)cc1)c1ncn[nH]1. The number of benzene rings is 1. The summed E-state index contributed by atoms with van der Waals surface area (Å²) >= 11 is 0. The van der Waals surface area contributed by atoms with Crippen LogP contribution in [-0.2, 0) is 10.0 Å². The predicted molar refractivity (Wildman–Crippen MR) is 101 cm³/mol. The van der Waals surface area contributed by atoms with Crippen LogP contribution >= 0.6 is 0 Å². The molecule has 0 saturated heterocycles. The number of aromatic amines is 1. The average molecular weight is 391 g/mol. The Balaban J connectivity index is 1.69. The van der Waals surface area contributed by atoms with Crippen molar-refractivity contribution in [3.05, 3.63) is 42.0 Å². The molecule has 0 bridgehead atoms. The minimum absolute atomic E-state index is 0.0504. The van der Waals surface area contributed by atoms with Crippen LogP contribution in [0.4, 0.5) is 0 Å². The number of nitrogens with one attached hydrogen (secondary N) is 2. The van der Waals surface area contributed by atoms with Gasteiger partial charge in [0, 0.05) is 18.7 Å². The molecule has 2 N–H and O–H groups in total. The smallest absolute Gasteiger partial charge is 0.251 e. The van der Waals surface area contributed by atoms with Gasteiger partial charge in [-0.25, -0.2) is 13.4 Å². The topological polar surface area (TPSA) is 108 Å². The lowest BCUT2D eigenvalue weighted by Gasteiger charge is -2.30. The molecule has 8 nitrogen and oxygen atoms in total. The lowest BCUT2D eigenvalue weighted by Crippen LogP contribution is -2.38. The zero-order valence-electron chi connectivity index (χ0n) is 15.6. The largest absolute Gasteiger partial charge is 0.342 e. The number of carbonyl (C=O) groups is 1. The van der Waals surface area contributed by atoms with Gasteiger partial charge < -0.3 is 5.32 Å². The van der Waals surface area contributed by atoms with E-state index in [9.17, 15) is 13.2 Å². The summed E-state index contributed by atoms with van der Waals surface area (Å²) in [7, 11) is -1.92. The third kappa shape index (κ3) is 4.36. The molecule has 1 atom stereocenters. The van der Waals surface area contributed by atoms with Gasteiger partial charge in [-0.1, -0.05) is 19.3 Å². The summed E-state index contributed by atoms with van der Waals surface area (Å²) in [4.78, 5) is 16.6. The fourth-order valence-electron chi connectivity index (χ4n) is 3.36. The second kappa shape index (κ2) is 8.18. The van der Waals surface area contributed by atoms with Crippen LogP contribution in [0.3, 0.4) is 0 Å². The maximum Gasteiger partial charge on any atom is 0.251 e. The van der Waals surface area contributed by atoms with Crippen LogP contribution in [0.2, 0.25) is 0 Å². The molecule has 2 aromatic rings. The van der Waals surface area contributed by atoms with Gasteiger partial charge in [0.2, 0.25) is 10.0 Å². The minimum Gasteiger partial charge on any atom is -0.342 e. The minimum atomic E-state index is -3.56. The maximum atomic E-state index is 12.9. The van der Waals surface area contributed by atoms with Crippen LogP contribution in [0, 0.1) is 0 Å². The van der Waals surface area contributed by atoms with Crippen molar-refractivity contribution in [3.8, 4) is 0 Å². The van der Waals surface area contributed by atoms with Gasteiger partial charge in [0.25, 0.3) is 5.91 Å². The van der Waals surface area contributed by atoms with Crippen molar-refractivity contribution >= 4 is 15.9 Å². The molecule has 1 amide bonds. The van der Waals surface area contributed by atoms with Gasteiger partial charge in [0.05, 0.1) is 10.9 Å². The van der Waals surface area contributed by atoms with E-state index >= 15 is 0 Å². The summed E-state index contributed by atoms with van der Waals surface area (Å²) in [6, 6.07) is 5.76. The first-order chi connectivity index (χ1) is 12.9. The lowest BCUT2D eigenvalue weighted by molar-refractivity contribution is 0.0938.